The van der Waals surface area contributed by atoms with Crippen molar-refractivity contribution >= 4 is 39.9 Å². The van der Waals surface area contributed by atoms with Crippen molar-refractivity contribution in [3.8, 4) is 17.3 Å². The first kappa shape index (κ1) is 22.4. The molecule has 0 amide bonds. The highest BCUT2D eigenvalue weighted by Gasteiger charge is 2.19. The molecular weight excluding hydrogens is 464 g/mol. The van der Waals surface area contributed by atoms with Crippen LogP contribution in [0.4, 0.5) is 5.69 Å². The largest absolute Gasteiger partial charge is 0.494 e. The zero-order valence-corrected chi connectivity index (χ0v) is 19.5. The van der Waals surface area contributed by atoms with Gasteiger partial charge in [0.25, 0.3) is 0 Å². The van der Waals surface area contributed by atoms with Crippen LogP contribution in [0.25, 0.3) is 22.3 Å². The first-order chi connectivity index (χ1) is 16.9. The van der Waals surface area contributed by atoms with Gasteiger partial charge in [-0.2, -0.15) is 0 Å². The quantitative estimate of drug-likeness (QED) is 0.268. The highest BCUT2D eigenvalue weighted by atomic mass is 35.5. The maximum Gasteiger partial charge on any atom is 0.307 e. The molecule has 0 unspecified atom stereocenters. The van der Waals surface area contributed by atoms with E-state index in [1.54, 1.807) is 36.5 Å². The second kappa shape index (κ2) is 9.12. The third-order valence-corrected chi connectivity index (χ3v) is 5.96. The summed E-state index contributed by atoms with van der Waals surface area (Å²) < 4.78 is 1.94. The summed E-state index contributed by atoms with van der Waals surface area (Å²) in [6, 6.07) is 20.1. The fourth-order valence-corrected chi connectivity index (χ4v) is 4.29. The lowest BCUT2D eigenvalue weighted by Crippen LogP contribution is -2.06. The molecule has 0 aliphatic rings. The van der Waals surface area contributed by atoms with Gasteiger partial charge in [0, 0.05) is 41.0 Å². The van der Waals surface area contributed by atoms with Crippen LogP contribution in [-0.2, 0) is 18.3 Å². The van der Waals surface area contributed by atoms with Gasteiger partial charge >= 0.3 is 5.97 Å². The van der Waals surface area contributed by atoms with Gasteiger partial charge in [-0.05, 0) is 48.0 Å². The molecule has 5 aromatic rings. The fourth-order valence-electron chi connectivity index (χ4n) is 4.12. The number of aromatic hydroxyl groups is 1. The monoisotopic (exact) mass is 484 g/mol. The number of aliphatic carboxylic acids is 1. The number of benzene rings is 3. The number of carboxylic acids is 1. The SMILES string of the molecule is Cn1ccnc1-c1ccc(N=C(c2cccc(CC(=O)O)c2)c2c(O)[nH]c3cc(Cl)ccc23)cc1. The third kappa shape index (κ3) is 4.54. The molecule has 0 aliphatic carbocycles. The summed E-state index contributed by atoms with van der Waals surface area (Å²) >= 11 is 6.15. The van der Waals surface area contributed by atoms with Crippen LogP contribution in [0.3, 0.4) is 0 Å². The van der Waals surface area contributed by atoms with Gasteiger partial charge < -0.3 is 19.8 Å². The van der Waals surface area contributed by atoms with Gasteiger partial charge in [-0.1, -0.05) is 35.9 Å². The summed E-state index contributed by atoms with van der Waals surface area (Å²) in [5, 5.41) is 21.4. The molecule has 0 saturated heterocycles. The molecule has 2 heterocycles. The lowest BCUT2D eigenvalue weighted by Gasteiger charge is -2.10. The second-order valence-corrected chi connectivity index (χ2v) is 8.61. The molecule has 0 spiro atoms. The number of aromatic nitrogens is 3. The minimum atomic E-state index is -0.921. The normalized spacial score (nSPS) is 11.8. The minimum Gasteiger partial charge on any atom is -0.494 e. The van der Waals surface area contributed by atoms with Crippen LogP contribution in [0.2, 0.25) is 5.02 Å². The van der Waals surface area contributed by atoms with Gasteiger partial charge in [0.05, 0.1) is 28.9 Å². The number of nitrogens with one attached hydrogen (secondary N) is 1. The molecule has 0 bridgehead atoms. The Morgan fingerprint density at radius 3 is 2.63 bits per heavy atom. The highest BCUT2D eigenvalue weighted by molar-refractivity contribution is 6.31. The molecular formula is C27H21ClN4O3. The number of halogens is 1. The van der Waals surface area contributed by atoms with Crippen molar-refractivity contribution in [1.82, 2.24) is 14.5 Å². The maximum absolute atomic E-state index is 11.3. The molecule has 7 nitrogen and oxygen atoms in total. The molecule has 0 saturated carbocycles. The number of aliphatic imine (C=N–C) groups is 1. The predicted molar refractivity (Wildman–Crippen MR) is 137 cm³/mol. The van der Waals surface area contributed by atoms with E-state index in [0.717, 1.165) is 16.8 Å². The number of hydrogen-bond donors (Lipinski definition) is 3. The van der Waals surface area contributed by atoms with Crippen LogP contribution >= 0.6 is 11.6 Å². The van der Waals surface area contributed by atoms with Crippen LogP contribution in [0.5, 0.6) is 5.88 Å². The van der Waals surface area contributed by atoms with Crippen molar-refractivity contribution in [3.05, 3.63) is 101 Å². The van der Waals surface area contributed by atoms with Crippen LogP contribution in [0.1, 0.15) is 16.7 Å². The van der Waals surface area contributed by atoms with E-state index >= 15 is 0 Å². The molecule has 0 radical (unpaired) electrons. The van der Waals surface area contributed by atoms with Crippen molar-refractivity contribution in [1.29, 1.82) is 0 Å². The van der Waals surface area contributed by atoms with E-state index in [-0.39, 0.29) is 12.3 Å². The van der Waals surface area contributed by atoms with Crippen LogP contribution < -0.4 is 0 Å². The molecule has 8 heteroatoms. The Morgan fingerprint density at radius 1 is 1.11 bits per heavy atom. The van der Waals surface area contributed by atoms with E-state index in [0.29, 0.717) is 38.6 Å². The number of aryl methyl sites for hydroxylation is 1. The smallest absolute Gasteiger partial charge is 0.307 e. The average Bonchev–Trinajstić information content (AvgIpc) is 3.39. The number of rotatable bonds is 6. The summed E-state index contributed by atoms with van der Waals surface area (Å²) in [7, 11) is 1.93. The van der Waals surface area contributed by atoms with Crippen molar-refractivity contribution in [2.75, 3.05) is 0 Å². The molecule has 35 heavy (non-hydrogen) atoms. The summed E-state index contributed by atoms with van der Waals surface area (Å²) in [5.41, 5.74) is 4.63. The molecule has 0 atom stereocenters. The van der Waals surface area contributed by atoms with Crippen molar-refractivity contribution < 1.29 is 15.0 Å². The molecule has 0 fully saturated rings. The Hall–Kier alpha value is -4.36. The molecule has 3 N–H and O–H groups in total. The molecule has 0 aliphatic heterocycles. The zero-order valence-electron chi connectivity index (χ0n) is 18.7. The van der Waals surface area contributed by atoms with E-state index in [1.165, 1.54) is 0 Å². The Morgan fingerprint density at radius 2 is 1.91 bits per heavy atom. The van der Waals surface area contributed by atoms with Gasteiger partial charge in [0.2, 0.25) is 0 Å². The molecule has 2 aromatic heterocycles. The number of hydrogen-bond acceptors (Lipinski definition) is 4. The first-order valence-electron chi connectivity index (χ1n) is 10.9. The van der Waals surface area contributed by atoms with Gasteiger partial charge in [0.15, 0.2) is 5.88 Å². The van der Waals surface area contributed by atoms with Gasteiger partial charge in [-0.3, -0.25) is 4.79 Å². The number of aromatic amines is 1. The van der Waals surface area contributed by atoms with Gasteiger partial charge in [0.1, 0.15) is 5.82 Å². The van der Waals surface area contributed by atoms with E-state index < -0.39 is 5.97 Å². The summed E-state index contributed by atoms with van der Waals surface area (Å²) in [4.78, 5) is 23.5. The topological polar surface area (TPSA) is 104 Å². The van der Waals surface area contributed by atoms with Crippen LogP contribution in [-0.4, -0.2) is 36.4 Å². The van der Waals surface area contributed by atoms with Crippen LogP contribution in [0, 0.1) is 0 Å². The fraction of sp³-hybridized carbons (Fsp3) is 0.0741. The van der Waals surface area contributed by atoms with E-state index in [1.807, 2.05) is 54.2 Å². The first-order valence-corrected chi connectivity index (χ1v) is 11.2. The number of carboxylic acid groups (broad SMARTS) is 1. The highest BCUT2D eigenvalue weighted by Crippen LogP contribution is 2.33. The molecule has 5 rings (SSSR count). The Kier molecular flexibility index (Phi) is 5.84. The Labute approximate surface area is 206 Å². The average molecular weight is 485 g/mol. The van der Waals surface area contributed by atoms with E-state index in [9.17, 15) is 15.0 Å². The van der Waals surface area contributed by atoms with Gasteiger partial charge in [-0.15, -0.1) is 0 Å². The van der Waals surface area contributed by atoms with Crippen molar-refractivity contribution in [2.45, 2.75) is 6.42 Å². The standard InChI is InChI=1S/C27H21ClN4O3/c1-32-12-11-29-26(32)17-5-8-20(9-6-17)30-25(18-4-2-3-16(13-18)14-23(33)34)24-21-10-7-19(28)15-22(21)31-27(24)35/h2-13,15,31,35H,14H2,1H3,(H,33,34). The number of carbonyl (C=O) groups is 1. The van der Waals surface area contributed by atoms with E-state index in [4.69, 9.17) is 16.6 Å². The third-order valence-electron chi connectivity index (χ3n) is 5.72. The number of nitrogens with zero attached hydrogens (tertiary/aromatic N) is 3. The Bertz CT molecular complexity index is 1580. The second-order valence-electron chi connectivity index (χ2n) is 8.18. The minimum absolute atomic E-state index is 0.0470. The number of imidazole rings is 1. The van der Waals surface area contributed by atoms with Crippen molar-refractivity contribution in [2.24, 2.45) is 12.0 Å². The number of H-pyrrole nitrogens is 1. The lowest BCUT2D eigenvalue weighted by molar-refractivity contribution is -0.136. The molecule has 3 aromatic carbocycles. The predicted octanol–water partition coefficient (Wildman–Crippen LogP) is 5.72. The summed E-state index contributed by atoms with van der Waals surface area (Å²) in [6.07, 6.45) is 3.51. The summed E-state index contributed by atoms with van der Waals surface area (Å²) in [5.74, 6) is -0.127. The van der Waals surface area contributed by atoms with Crippen LogP contribution in [0.15, 0.2) is 84.1 Å². The van der Waals surface area contributed by atoms with Gasteiger partial charge in [-0.25, -0.2) is 9.98 Å². The maximum atomic E-state index is 11.3. The zero-order chi connectivity index (χ0) is 24.5. The lowest BCUT2D eigenvalue weighted by atomic mass is 9.98. The molecule has 174 valence electrons. The van der Waals surface area contributed by atoms with E-state index in [2.05, 4.69) is 9.97 Å². The summed E-state index contributed by atoms with van der Waals surface area (Å²) in [6.45, 7) is 0. The Balaban J connectivity index is 1.67. The van der Waals surface area contributed by atoms with Crippen molar-refractivity contribution in [3.63, 3.8) is 0 Å². The number of fused-ring (bicyclic) bond motifs is 1.